The van der Waals surface area contributed by atoms with E-state index >= 15 is 0 Å². The van der Waals surface area contributed by atoms with Gasteiger partial charge in [0.15, 0.2) is 5.13 Å². The molecule has 4 heterocycles. The largest absolute Gasteiger partial charge is 0.506 e. The van der Waals surface area contributed by atoms with Crippen molar-refractivity contribution in [3.8, 4) is 11.8 Å². The van der Waals surface area contributed by atoms with Gasteiger partial charge in [0.1, 0.15) is 30.3 Å². The second-order valence-electron chi connectivity index (χ2n) is 10.6. The highest BCUT2D eigenvalue weighted by Gasteiger charge is 2.52. The molecule has 2 atom stereocenters. The zero-order valence-corrected chi connectivity index (χ0v) is 24.7. The van der Waals surface area contributed by atoms with E-state index in [-0.39, 0.29) is 56.7 Å². The molecule has 2 saturated heterocycles. The molecule has 15 heteroatoms. The number of benzene rings is 2. The lowest BCUT2D eigenvalue weighted by atomic mass is 10.0. The fourth-order valence-electron chi connectivity index (χ4n) is 5.70. The number of rotatable bonds is 8. The summed E-state index contributed by atoms with van der Waals surface area (Å²) in [5.74, 6) is -1.15. The summed E-state index contributed by atoms with van der Waals surface area (Å²) >= 11 is 1.34. The Morgan fingerprint density at radius 2 is 2.00 bits per heavy atom. The number of carbonyl (C=O) groups excluding carboxylic acids is 3. The zero-order chi connectivity index (χ0) is 31.7. The number of nitriles is 1. The van der Waals surface area contributed by atoms with Crippen molar-refractivity contribution in [2.75, 3.05) is 25.4 Å². The van der Waals surface area contributed by atoms with E-state index in [9.17, 15) is 29.1 Å². The van der Waals surface area contributed by atoms with Crippen LogP contribution in [0.5, 0.6) is 5.75 Å². The number of thiazole rings is 1. The number of carbonyl (C=O) groups is 3. The molecule has 4 amide bonds. The molecule has 0 radical (unpaired) electrons. The van der Waals surface area contributed by atoms with Gasteiger partial charge in [0.2, 0.25) is 11.8 Å². The number of halogens is 1. The minimum atomic E-state index is -0.968. The van der Waals surface area contributed by atoms with Crippen molar-refractivity contribution in [2.24, 2.45) is 0 Å². The van der Waals surface area contributed by atoms with Crippen LogP contribution in [0.25, 0.3) is 10.2 Å². The van der Waals surface area contributed by atoms with Crippen molar-refractivity contribution in [1.82, 2.24) is 35.1 Å². The van der Waals surface area contributed by atoms with Gasteiger partial charge in [-0.3, -0.25) is 14.6 Å². The molecule has 45 heavy (non-hydrogen) atoms. The summed E-state index contributed by atoms with van der Waals surface area (Å²) in [6, 6.07) is 14.7. The highest BCUT2D eigenvalue weighted by atomic mass is 32.1. The number of nitrogen functional groups attached to an aromatic ring is 1. The zero-order valence-electron chi connectivity index (χ0n) is 23.8. The average molecular weight is 630 g/mol. The number of amides is 4. The molecule has 2 aromatic heterocycles. The van der Waals surface area contributed by atoms with Gasteiger partial charge >= 0.3 is 6.03 Å². The van der Waals surface area contributed by atoms with Gasteiger partial charge in [-0.25, -0.2) is 19.2 Å². The first kappa shape index (κ1) is 29.7. The first-order valence-electron chi connectivity index (χ1n) is 14.0. The fraction of sp³-hybridized carbons (Fsp3) is 0.267. The van der Waals surface area contributed by atoms with Crippen LogP contribution in [-0.2, 0) is 29.1 Å². The lowest BCUT2D eigenvalue weighted by molar-refractivity contribution is -0.157. The smallest absolute Gasteiger partial charge is 0.333 e. The van der Waals surface area contributed by atoms with Crippen LogP contribution >= 0.6 is 11.3 Å². The standard InChI is InChI=1S/C30H28FN9O4S/c31-20-6-4-18(5-7-20)13-35-30(44)38(11-10-32)39-17-26(42)40-23(12-21-8-9-22(41)14-34-21)28(43)37(16-25(39)40)15-19-2-1-3-24-27(19)36-29(33)45-24/h1-9,14,23,25,41H,11-13,15-17H2,(H2,33,36)(H,35,44)/t23-,25+/m0/s1. The number of pyridine rings is 1. The topological polar surface area (TPSA) is 172 Å². The molecular weight excluding hydrogens is 601 g/mol. The van der Waals surface area contributed by atoms with Crippen LogP contribution in [0, 0.1) is 17.1 Å². The number of aromatic nitrogens is 2. The second-order valence-corrected chi connectivity index (χ2v) is 11.7. The van der Waals surface area contributed by atoms with E-state index in [0.29, 0.717) is 21.9 Å². The average Bonchev–Trinajstić information content (AvgIpc) is 3.57. The summed E-state index contributed by atoms with van der Waals surface area (Å²) in [4.78, 5) is 52.8. The van der Waals surface area contributed by atoms with Gasteiger partial charge in [-0.05, 0) is 41.5 Å². The maximum atomic E-state index is 14.1. The molecule has 4 N–H and O–H groups in total. The minimum Gasteiger partial charge on any atom is -0.506 e. The third-order valence-electron chi connectivity index (χ3n) is 7.78. The van der Waals surface area contributed by atoms with Gasteiger partial charge in [-0.2, -0.15) is 10.3 Å². The molecule has 2 aliphatic heterocycles. The number of nitrogens with two attached hydrogens (primary N) is 1. The van der Waals surface area contributed by atoms with E-state index in [1.165, 1.54) is 57.8 Å². The molecule has 13 nitrogen and oxygen atoms in total. The SMILES string of the molecule is N#CCN(C(=O)NCc1ccc(F)cc1)N1CC(=O)N2[C@@H](Cc3ccc(O)cn3)C(=O)N(Cc3cccc4sc(N)nc34)C[C@@H]21. The summed E-state index contributed by atoms with van der Waals surface area (Å²) < 4.78 is 14.2. The van der Waals surface area contributed by atoms with Crippen LogP contribution in [0.15, 0.2) is 60.8 Å². The van der Waals surface area contributed by atoms with E-state index in [0.717, 1.165) is 15.3 Å². The van der Waals surface area contributed by atoms with Gasteiger partial charge < -0.3 is 26.0 Å². The first-order chi connectivity index (χ1) is 21.7. The van der Waals surface area contributed by atoms with Crippen molar-refractivity contribution in [3.63, 3.8) is 0 Å². The first-order valence-corrected chi connectivity index (χ1v) is 14.8. The van der Waals surface area contributed by atoms with Crippen molar-refractivity contribution in [3.05, 3.63) is 83.4 Å². The molecule has 2 aromatic carbocycles. The van der Waals surface area contributed by atoms with Crippen LogP contribution in [0.1, 0.15) is 16.8 Å². The van der Waals surface area contributed by atoms with Crippen molar-refractivity contribution >= 4 is 44.5 Å². The van der Waals surface area contributed by atoms with E-state index in [1.807, 2.05) is 24.3 Å². The lowest BCUT2D eigenvalue weighted by Crippen LogP contribution is -2.66. The van der Waals surface area contributed by atoms with Crippen LogP contribution < -0.4 is 11.1 Å². The Bertz CT molecular complexity index is 1790. The highest BCUT2D eigenvalue weighted by molar-refractivity contribution is 7.22. The molecule has 6 rings (SSSR count). The van der Waals surface area contributed by atoms with Gasteiger partial charge in [0.05, 0.1) is 35.6 Å². The Morgan fingerprint density at radius 3 is 2.73 bits per heavy atom. The number of anilines is 1. The molecule has 0 aliphatic carbocycles. The van der Waals surface area contributed by atoms with Gasteiger partial charge in [0, 0.05) is 25.2 Å². The second kappa shape index (κ2) is 12.3. The summed E-state index contributed by atoms with van der Waals surface area (Å²) in [6.45, 7) is -0.317. The molecule has 2 fully saturated rings. The third kappa shape index (κ3) is 6.06. The lowest BCUT2D eigenvalue weighted by Gasteiger charge is -2.46. The van der Waals surface area contributed by atoms with Gasteiger partial charge in [0.25, 0.3) is 0 Å². The van der Waals surface area contributed by atoms with Crippen molar-refractivity contribution in [1.29, 1.82) is 5.26 Å². The summed E-state index contributed by atoms with van der Waals surface area (Å²) in [6.07, 6.45) is 0.555. The predicted octanol–water partition coefficient (Wildman–Crippen LogP) is 2.19. The van der Waals surface area contributed by atoms with E-state index in [2.05, 4.69) is 15.3 Å². The minimum absolute atomic E-state index is 0.0360. The number of piperazine rings is 1. The maximum absolute atomic E-state index is 14.1. The summed E-state index contributed by atoms with van der Waals surface area (Å²) in [7, 11) is 0. The molecule has 4 aromatic rings. The van der Waals surface area contributed by atoms with E-state index in [1.54, 1.807) is 11.0 Å². The van der Waals surface area contributed by atoms with Crippen LogP contribution in [0.4, 0.5) is 14.3 Å². The molecule has 230 valence electrons. The molecule has 0 spiro atoms. The Morgan fingerprint density at radius 1 is 1.20 bits per heavy atom. The monoisotopic (exact) mass is 629 g/mol. The predicted molar refractivity (Wildman–Crippen MR) is 161 cm³/mol. The molecular formula is C30H28FN9O4S. The molecule has 0 bridgehead atoms. The number of hydrogen-bond donors (Lipinski definition) is 3. The van der Waals surface area contributed by atoms with Crippen LogP contribution in [0.2, 0.25) is 0 Å². The Balaban J connectivity index is 1.31. The van der Waals surface area contributed by atoms with Crippen LogP contribution in [-0.4, -0.2) is 84.6 Å². The Kier molecular flexibility index (Phi) is 8.16. The molecule has 0 unspecified atom stereocenters. The third-order valence-corrected chi connectivity index (χ3v) is 8.63. The van der Waals surface area contributed by atoms with Crippen molar-refractivity contribution in [2.45, 2.75) is 31.7 Å². The number of urea groups is 1. The molecule has 2 aliphatic rings. The number of nitrogens with zero attached hydrogens (tertiary/aromatic N) is 7. The number of aromatic hydroxyl groups is 1. The quantitative estimate of drug-likeness (QED) is 0.247. The summed E-state index contributed by atoms with van der Waals surface area (Å²) in [5, 5.41) is 25.2. The maximum Gasteiger partial charge on any atom is 0.333 e. The normalized spacial score (nSPS) is 18.2. The van der Waals surface area contributed by atoms with Gasteiger partial charge in [-0.15, -0.1) is 0 Å². The fourth-order valence-corrected chi connectivity index (χ4v) is 6.48. The van der Waals surface area contributed by atoms with Gasteiger partial charge in [-0.1, -0.05) is 35.6 Å². The Hall–Kier alpha value is -5.33. The Labute approximate surface area is 260 Å². The number of hydrazine groups is 1. The molecule has 0 saturated carbocycles. The van der Waals surface area contributed by atoms with Crippen LogP contribution in [0.3, 0.4) is 0 Å². The number of nitrogens with one attached hydrogen (secondary N) is 1. The highest BCUT2D eigenvalue weighted by Crippen LogP contribution is 2.32. The van der Waals surface area contributed by atoms with E-state index in [4.69, 9.17) is 5.73 Å². The van der Waals surface area contributed by atoms with Crippen molar-refractivity contribution < 1.29 is 23.9 Å². The number of fused-ring (bicyclic) bond motifs is 2. The van der Waals surface area contributed by atoms with E-state index < -0.39 is 24.1 Å². The summed E-state index contributed by atoms with van der Waals surface area (Å²) in [5.41, 5.74) is 8.54. The number of para-hydroxylation sites is 1. The number of hydrogen-bond acceptors (Lipinski definition) is 10.